The molecule has 0 fully saturated rings. The van der Waals surface area contributed by atoms with E-state index in [1.807, 2.05) is 27.7 Å². The summed E-state index contributed by atoms with van der Waals surface area (Å²) in [6, 6.07) is 0. The van der Waals surface area contributed by atoms with Crippen LogP contribution in [0.4, 0.5) is 0 Å². The quantitative estimate of drug-likeness (QED) is 0.571. The Kier molecular flexibility index (Phi) is 6.64. The zero-order valence-corrected chi connectivity index (χ0v) is 11.8. The number of rotatable bonds is 6. The highest BCUT2D eigenvalue weighted by atomic mass is 35.5. The van der Waals surface area contributed by atoms with E-state index in [4.69, 9.17) is 21.4 Å². The summed E-state index contributed by atoms with van der Waals surface area (Å²) in [4.78, 5) is 17.6. The molecule has 0 aromatic rings. The highest BCUT2D eigenvalue weighted by Gasteiger charge is 2.21. The second-order valence-corrected chi connectivity index (χ2v) is 6.23. The molecule has 0 aromatic carbocycles. The van der Waals surface area contributed by atoms with Gasteiger partial charge in [-0.05, 0) is 18.3 Å². The van der Waals surface area contributed by atoms with Gasteiger partial charge in [0, 0.05) is 6.42 Å². The molecule has 0 radical (unpaired) electrons. The van der Waals surface area contributed by atoms with Crippen LogP contribution in [0.5, 0.6) is 0 Å². The van der Waals surface area contributed by atoms with E-state index in [1.54, 1.807) is 0 Å². The molecule has 0 aliphatic rings. The van der Waals surface area contributed by atoms with Gasteiger partial charge in [0.05, 0.1) is 5.03 Å². The van der Waals surface area contributed by atoms with Crippen molar-refractivity contribution < 1.29 is 18.9 Å². The lowest BCUT2D eigenvalue weighted by Crippen LogP contribution is -2.00. The van der Waals surface area contributed by atoms with Crippen LogP contribution in [0, 0.1) is 11.8 Å². The molecule has 0 atom stereocenters. The fourth-order valence-corrected chi connectivity index (χ4v) is 2.13. The fourth-order valence-electron chi connectivity index (χ4n) is 1.18. The molecular weight excluding hydrogens is 251 g/mol. The van der Waals surface area contributed by atoms with Crippen molar-refractivity contribution in [1.82, 2.24) is 0 Å². The van der Waals surface area contributed by atoms with Crippen molar-refractivity contribution in [3.05, 3.63) is 10.8 Å². The third-order valence-electron chi connectivity index (χ3n) is 1.71. The first kappa shape index (κ1) is 16.0. The third-order valence-corrected chi connectivity index (χ3v) is 2.54. The lowest BCUT2D eigenvalue weighted by atomic mass is 10.1. The Hall–Kier alpha value is -0.0200. The molecule has 0 unspecified atom stereocenters. The van der Waals surface area contributed by atoms with Crippen LogP contribution in [0.3, 0.4) is 0 Å². The highest BCUT2D eigenvalue weighted by Crippen LogP contribution is 2.42. The summed E-state index contributed by atoms with van der Waals surface area (Å²) in [5.74, 6) is 0.746. The van der Waals surface area contributed by atoms with Crippen LogP contribution in [0.25, 0.3) is 0 Å². The average Bonchev–Trinajstić information content (AvgIpc) is 1.97. The van der Waals surface area contributed by atoms with Gasteiger partial charge >= 0.3 is 7.82 Å². The first-order valence-corrected chi connectivity index (χ1v) is 7.15. The van der Waals surface area contributed by atoms with Gasteiger partial charge in [0.1, 0.15) is 5.76 Å². The maximum atomic E-state index is 10.8. The Morgan fingerprint density at radius 1 is 1.19 bits per heavy atom. The van der Waals surface area contributed by atoms with Crippen molar-refractivity contribution in [2.75, 3.05) is 0 Å². The molecule has 4 nitrogen and oxygen atoms in total. The van der Waals surface area contributed by atoms with Gasteiger partial charge in [-0.25, -0.2) is 4.57 Å². The van der Waals surface area contributed by atoms with Gasteiger partial charge in [-0.15, -0.1) is 0 Å². The smallest absolute Gasteiger partial charge is 0.408 e. The monoisotopic (exact) mass is 270 g/mol. The van der Waals surface area contributed by atoms with Gasteiger partial charge in [0.25, 0.3) is 0 Å². The van der Waals surface area contributed by atoms with Crippen molar-refractivity contribution in [2.45, 2.75) is 40.5 Å². The van der Waals surface area contributed by atoms with Gasteiger partial charge < -0.3 is 4.52 Å². The summed E-state index contributed by atoms with van der Waals surface area (Å²) < 4.78 is 15.4. The van der Waals surface area contributed by atoms with Crippen molar-refractivity contribution in [1.29, 1.82) is 0 Å². The lowest BCUT2D eigenvalue weighted by molar-refractivity contribution is 0.230. The van der Waals surface area contributed by atoms with Crippen LogP contribution in [0.1, 0.15) is 40.5 Å². The van der Waals surface area contributed by atoms with Crippen LogP contribution in [0.2, 0.25) is 0 Å². The van der Waals surface area contributed by atoms with Crippen LogP contribution in [0.15, 0.2) is 10.8 Å². The van der Waals surface area contributed by atoms with E-state index in [9.17, 15) is 4.57 Å². The fraction of sp³-hybridized carbons (Fsp3) is 0.800. The summed E-state index contributed by atoms with van der Waals surface area (Å²) >= 11 is 6.00. The maximum Gasteiger partial charge on any atom is 0.524 e. The molecule has 0 heterocycles. The molecule has 0 aliphatic heterocycles. The summed E-state index contributed by atoms with van der Waals surface area (Å²) in [6.07, 6.45) is 0.986. The Balaban J connectivity index is 4.84. The Labute approximate surface area is 102 Å². The standard InChI is InChI=1S/C10H20ClO4P/c1-7(2)5-9(11)10(6-8(3)4)15-16(12,13)14/h7-8H,5-6H2,1-4H3,(H2,12,13,14). The molecule has 0 bridgehead atoms. The molecule has 6 heteroatoms. The van der Waals surface area contributed by atoms with Gasteiger partial charge in [0.2, 0.25) is 0 Å². The molecule has 0 saturated carbocycles. The SMILES string of the molecule is CC(C)CC(Cl)=C(CC(C)C)OP(=O)(O)O. The molecule has 0 aromatic heterocycles. The normalized spacial score (nSPS) is 14.3. The van der Waals surface area contributed by atoms with E-state index in [0.717, 1.165) is 0 Å². The zero-order valence-electron chi connectivity index (χ0n) is 10.1. The molecule has 0 spiro atoms. The number of phosphoric acid groups is 1. The van der Waals surface area contributed by atoms with Crippen LogP contribution in [-0.4, -0.2) is 9.79 Å². The predicted molar refractivity (Wildman–Crippen MR) is 64.9 cm³/mol. The predicted octanol–water partition coefficient (Wildman–Crippen LogP) is 3.64. The van der Waals surface area contributed by atoms with E-state index >= 15 is 0 Å². The van der Waals surface area contributed by atoms with Gasteiger partial charge in [0.15, 0.2) is 0 Å². The van der Waals surface area contributed by atoms with Crippen molar-refractivity contribution in [3.63, 3.8) is 0 Å². The molecule has 2 N–H and O–H groups in total. The van der Waals surface area contributed by atoms with Crippen LogP contribution < -0.4 is 0 Å². The van der Waals surface area contributed by atoms with Gasteiger partial charge in [-0.3, -0.25) is 9.79 Å². The summed E-state index contributed by atoms with van der Waals surface area (Å²) in [5, 5.41) is 0.395. The Morgan fingerprint density at radius 2 is 1.62 bits per heavy atom. The molecule has 0 rings (SSSR count). The molecular formula is C10H20ClO4P. The number of hydrogen-bond acceptors (Lipinski definition) is 2. The first-order valence-electron chi connectivity index (χ1n) is 5.24. The molecule has 96 valence electrons. The number of allylic oxidation sites excluding steroid dienone is 2. The average molecular weight is 271 g/mol. The third kappa shape index (κ3) is 8.17. The van der Waals surface area contributed by atoms with Crippen LogP contribution in [-0.2, 0) is 9.09 Å². The molecule has 0 saturated heterocycles. The minimum Gasteiger partial charge on any atom is -0.408 e. The van der Waals surface area contributed by atoms with Crippen molar-refractivity contribution in [3.8, 4) is 0 Å². The molecule has 16 heavy (non-hydrogen) atoms. The summed E-state index contributed by atoms with van der Waals surface area (Å²) in [5.41, 5.74) is 0. The topological polar surface area (TPSA) is 66.8 Å². The number of phosphoric ester groups is 1. The molecule has 0 aliphatic carbocycles. The van der Waals surface area contributed by atoms with Crippen molar-refractivity contribution >= 4 is 19.4 Å². The van der Waals surface area contributed by atoms with Gasteiger partial charge in [-0.2, -0.15) is 0 Å². The van der Waals surface area contributed by atoms with Crippen LogP contribution >= 0.6 is 19.4 Å². The number of halogens is 1. The van der Waals surface area contributed by atoms with Crippen molar-refractivity contribution in [2.24, 2.45) is 11.8 Å². The summed E-state index contributed by atoms with van der Waals surface area (Å²) in [7, 11) is -4.52. The molecule has 0 amide bonds. The minimum atomic E-state index is -4.52. The Morgan fingerprint density at radius 3 is 1.94 bits per heavy atom. The van der Waals surface area contributed by atoms with E-state index in [1.165, 1.54) is 0 Å². The van der Waals surface area contributed by atoms with E-state index < -0.39 is 7.82 Å². The van der Waals surface area contributed by atoms with E-state index in [0.29, 0.717) is 23.8 Å². The Bertz CT molecular complexity index is 293. The number of hydrogen-bond donors (Lipinski definition) is 2. The van der Waals surface area contributed by atoms with E-state index in [2.05, 4.69) is 4.52 Å². The minimum absolute atomic E-state index is 0.207. The zero-order chi connectivity index (χ0) is 12.9. The maximum absolute atomic E-state index is 10.8. The van der Waals surface area contributed by atoms with E-state index in [-0.39, 0.29) is 11.7 Å². The van der Waals surface area contributed by atoms with Gasteiger partial charge in [-0.1, -0.05) is 39.3 Å². The lowest BCUT2D eigenvalue weighted by Gasteiger charge is -2.16. The second kappa shape index (κ2) is 6.65. The second-order valence-electron chi connectivity index (χ2n) is 4.61. The first-order chi connectivity index (χ1) is 7.11. The highest BCUT2D eigenvalue weighted by molar-refractivity contribution is 7.46. The summed E-state index contributed by atoms with van der Waals surface area (Å²) in [6.45, 7) is 7.82. The largest absolute Gasteiger partial charge is 0.524 e.